The van der Waals surface area contributed by atoms with E-state index in [1.165, 1.54) is 6.20 Å². The predicted molar refractivity (Wildman–Crippen MR) is 76.1 cm³/mol. The lowest BCUT2D eigenvalue weighted by molar-refractivity contribution is -0.385. The fourth-order valence-electron chi connectivity index (χ4n) is 2.67. The molecular weight excluding hydrogens is 272 g/mol. The minimum absolute atomic E-state index is 0.0660. The molecule has 0 radical (unpaired) electrons. The Hall–Kier alpha value is -2.51. The molecule has 21 heavy (non-hydrogen) atoms. The van der Waals surface area contributed by atoms with E-state index in [2.05, 4.69) is 20.2 Å². The second-order valence-corrected chi connectivity index (χ2v) is 5.19. The first-order valence-corrected chi connectivity index (χ1v) is 6.87. The fourth-order valence-corrected chi connectivity index (χ4v) is 2.67. The number of aromatic nitrogens is 4. The number of hydrogen-bond acceptors (Lipinski definition) is 6. The lowest BCUT2D eigenvalue weighted by Crippen LogP contribution is -2.35. The minimum Gasteiger partial charge on any atom is -0.356 e. The van der Waals surface area contributed by atoms with Crippen molar-refractivity contribution in [3.8, 4) is 0 Å². The van der Waals surface area contributed by atoms with Gasteiger partial charge in [0.1, 0.15) is 12.0 Å². The normalized spacial score (nSPS) is 16.1. The summed E-state index contributed by atoms with van der Waals surface area (Å²) >= 11 is 0. The Labute approximate surface area is 121 Å². The maximum Gasteiger partial charge on any atom is 0.290 e. The Morgan fingerprint density at radius 1 is 1.38 bits per heavy atom. The second kappa shape index (κ2) is 5.47. The van der Waals surface area contributed by atoms with Crippen LogP contribution in [0.15, 0.2) is 24.7 Å². The van der Waals surface area contributed by atoms with Crippen molar-refractivity contribution < 1.29 is 4.92 Å². The third-order valence-corrected chi connectivity index (χ3v) is 3.87. The molecule has 8 nitrogen and oxygen atoms in total. The van der Waals surface area contributed by atoms with E-state index in [0.29, 0.717) is 11.6 Å². The first-order valence-electron chi connectivity index (χ1n) is 6.87. The number of hydrogen-bond donors (Lipinski definition) is 0. The Morgan fingerprint density at radius 3 is 2.71 bits per heavy atom. The standard InChI is InChI=1S/C13H16N6O2/c1-10-8-13(14-9-12(10)19(20)21)17-5-2-11(3-6-17)18-7-4-15-16-18/h4,7-9,11H,2-3,5-6H2,1H3. The highest BCUT2D eigenvalue weighted by molar-refractivity contribution is 5.48. The van der Waals surface area contributed by atoms with Crippen LogP contribution >= 0.6 is 0 Å². The maximum absolute atomic E-state index is 10.8. The van der Waals surface area contributed by atoms with Gasteiger partial charge in [-0.3, -0.25) is 10.1 Å². The van der Waals surface area contributed by atoms with Gasteiger partial charge in [0.15, 0.2) is 0 Å². The molecule has 2 aromatic heterocycles. The van der Waals surface area contributed by atoms with Crippen molar-refractivity contribution in [2.45, 2.75) is 25.8 Å². The van der Waals surface area contributed by atoms with Gasteiger partial charge in [0, 0.05) is 24.8 Å². The van der Waals surface area contributed by atoms with Gasteiger partial charge in [-0.05, 0) is 25.8 Å². The molecule has 3 heterocycles. The van der Waals surface area contributed by atoms with Crippen molar-refractivity contribution >= 4 is 11.5 Å². The molecule has 0 unspecified atom stereocenters. The molecule has 2 aromatic rings. The van der Waals surface area contributed by atoms with Gasteiger partial charge in [-0.15, -0.1) is 5.10 Å². The summed E-state index contributed by atoms with van der Waals surface area (Å²) in [5.74, 6) is 0.801. The average Bonchev–Trinajstić information content (AvgIpc) is 3.01. The number of rotatable bonds is 3. The van der Waals surface area contributed by atoms with Crippen LogP contribution in [0.3, 0.4) is 0 Å². The van der Waals surface area contributed by atoms with Gasteiger partial charge in [-0.25, -0.2) is 9.67 Å². The largest absolute Gasteiger partial charge is 0.356 e. The quantitative estimate of drug-likeness (QED) is 0.631. The van der Waals surface area contributed by atoms with Crippen molar-refractivity contribution in [2.75, 3.05) is 18.0 Å². The van der Waals surface area contributed by atoms with Crippen LogP contribution in [0.5, 0.6) is 0 Å². The molecule has 1 aliphatic rings. The molecular formula is C13H16N6O2. The van der Waals surface area contributed by atoms with E-state index in [9.17, 15) is 10.1 Å². The van der Waals surface area contributed by atoms with E-state index in [1.54, 1.807) is 19.2 Å². The molecule has 8 heteroatoms. The topological polar surface area (TPSA) is 90.0 Å². The van der Waals surface area contributed by atoms with Crippen LogP contribution < -0.4 is 4.90 Å². The summed E-state index contributed by atoms with van der Waals surface area (Å²) < 4.78 is 1.89. The minimum atomic E-state index is -0.400. The number of pyridine rings is 1. The first-order chi connectivity index (χ1) is 10.1. The molecule has 0 bridgehead atoms. The number of aryl methyl sites for hydroxylation is 1. The fraction of sp³-hybridized carbons (Fsp3) is 0.462. The number of anilines is 1. The molecule has 0 amide bonds. The molecule has 0 N–H and O–H groups in total. The van der Waals surface area contributed by atoms with Crippen LogP contribution in [0.4, 0.5) is 11.5 Å². The van der Waals surface area contributed by atoms with Crippen molar-refractivity contribution in [3.05, 3.63) is 40.3 Å². The monoisotopic (exact) mass is 288 g/mol. The highest BCUT2D eigenvalue weighted by atomic mass is 16.6. The SMILES string of the molecule is Cc1cc(N2CCC(n3ccnn3)CC2)ncc1[N+](=O)[O-]. The molecule has 0 aliphatic carbocycles. The van der Waals surface area contributed by atoms with Gasteiger partial charge in [-0.2, -0.15) is 0 Å². The highest BCUT2D eigenvalue weighted by Gasteiger charge is 2.23. The third-order valence-electron chi connectivity index (χ3n) is 3.87. The summed E-state index contributed by atoms with van der Waals surface area (Å²) in [5.41, 5.74) is 0.708. The van der Waals surface area contributed by atoms with E-state index >= 15 is 0 Å². The van der Waals surface area contributed by atoms with Crippen molar-refractivity contribution in [3.63, 3.8) is 0 Å². The molecule has 1 aliphatic heterocycles. The Balaban J connectivity index is 1.69. The summed E-state index contributed by atoms with van der Waals surface area (Å²) in [4.78, 5) is 16.8. The summed E-state index contributed by atoms with van der Waals surface area (Å²) in [6.45, 7) is 3.45. The van der Waals surface area contributed by atoms with E-state index < -0.39 is 4.92 Å². The lowest BCUT2D eigenvalue weighted by atomic mass is 10.1. The molecule has 110 valence electrons. The molecule has 0 atom stereocenters. The van der Waals surface area contributed by atoms with Crippen molar-refractivity contribution in [1.82, 2.24) is 20.0 Å². The van der Waals surface area contributed by atoms with E-state index in [1.807, 2.05) is 10.9 Å². The van der Waals surface area contributed by atoms with Crippen LogP contribution in [-0.2, 0) is 0 Å². The number of nitro groups is 1. The van der Waals surface area contributed by atoms with Gasteiger partial charge in [0.05, 0.1) is 17.2 Å². The average molecular weight is 288 g/mol. The van der Waals surface area contributed by atoms with Crippen LogP contribution in [-0.4, -0.2) is 38.0 Å². The summed E-state index contributed by atoms with van der Waals surface area (Å²) in [7, 11) is 0. The molecule has 1 fully saturated rings. The van der Waals surface area contributed by atoms with Gasteiger partial charge in [0.25, 0.3) is 5.69 Å². The predicted octanol–water partition coefficient (Wildman–Crippen LogP) is 1.73. The van der Waals surface area contributed by atoms with E-state index in [0.717, 1.165) is 31.7 Å². The number of piperidine rings is 1. The maximum atomic E-state index is 10.8. The van der Waals surface area contributed by atoms with Gasteiger partial charge in [-0.1, -0.05) is 5.21 Å². The molecule has 0 spiro atoms. The van der Waals surface area contributed by atoms with Crippen molar-refractivity contribution in [1.29, 1.82) is 0 Å². The smallest absolute Gasteiger partial charge is 0.290 e. The summed E-state index contributed by atoms with van der Waals surface area (Å²) in [5, 5.41) is 18.7. The summed E-state index contributed by atoms with van der Waals surface area (Å²) in [6, 6.07) is 2.15. The van der Waals surface area contributed by atoms with Crippen molar-refractivity contribution in [2.24, 2.45) is 0 Å². The second-order valence-electron chi connectivity index (χ2n) is 5.19. The zero-order chi connectivity index (χ0) is 14.8. The summed E-state index contributed by atoms with van der Waals surface area (Å²) in [6.07, 6.45) is 6.83. The van der Waals surface area contributed by atoms with Crippen LogP contribution in [0, 0.1) is 17.0 Å². The lowest BCUT2D eigenvalue weighted by Gasteiger charge is -2.32. The van der Waals surface area contributed by atoms with E-state index in [4.69, 9.17) is 0 Å². The molecule has 0 saturated carbocycles. The Morgan fingerprint density at radius 2 is 2.14 bits per heavy atom. The molecule has 1 saturated heterocycles. The molecule has 0 aromatic carbocycles. The first kappa shape index (κ1) is 13.5. The van der Waals surface area contributed by atoms with Crippen LogP contribution in [0.1, 0.15) is 24.4 Å². The van der Waals surface area contributed by atoms with Gasteiger partial charge in [0.2, 0.25) is 0 Å². The van der Waals surface area contributed by atoms with Crippen LogP contribution in [0.2, 0.25) is 0 Å². The number of nitrogens with zero attached hydrogens (tertiary/aromatic N) is 6. The van der Waals surface area contributed by atoms with Gasteiger partial charge >= 0.3 is 0 Å². The zero-order valence-electron chi connectivity index (χ0n) is 11.7. The van der Waals surface area contributed by atoms with Crippen LogP contribution in [0.25, 0.3) is 0 Å². The molecule has 3 rings (SSSR count). The zero-order valence-corrected chi connectivity index (χ0v) is 11.7. The highest BCUT2D eigenvalue weighted by Crippen LogP contribution is 2.27. The Bertz CT molecular complexity index is 634. The van der Waals surface area contributed by atoms with E-state index in [-0.39, 0.29) is 5.69 Å². The van der Waals surface area contributed by atoms with Gasteiger partial charge < -0.3 is 4.90 Å². The third kappa shape index (κ3) is 2.69. The Kier molecular flexibility index (Phi) is 3.51.